The van der Waals surface area contributed by atoms with E-state index in [-0.39, 0.29) is 5.66 Å². The van der Waals surface area contributed by atoms with Crippen LogP contribution in [-0.2, 0) is 17.8 Å². The number of fused-ring (bicyclic) bond motifs is 1. The lowest BCUT2D eigenvalue weighted by atomic mass is 9.83. The third kappa shape index (κ3) is 3.84. The predicted octanol–water partition coefficient (Wildman–Crippen LogP) is 3.82. The fraction of sp³-hybridized carbons (Fsp3) is 0.667. The van der Waals surface area contributed by atoms with Crippen LogP contribution in [0.4, 0.5) is 0 Å². The van der Waals surface area contributed by atoms with Crippen LogP contribution in [0.25, 0.3) is 0 Å². The third-order valence-electron chi connectivity index (χ3n) is 6.29. The maximum absolute atomic E-state index is 11.3. The van der Waals surface area contributed by atoms with Crippen molar-refractivity contribution in [2.24, 2.45) is 11.8 Å². The number of benzene rings is 1. The van der Waals surface area contributed by atoms with E-state index in [1.165, 1.54) is 43.2 Å². The number of nitrogens with zero attached hydrogens (tertiary/aromatic N) is 1. The Morgan fingerprint density at radius 3 is 2.68 bits per heavy atom. The van der Waals surface area contributed by atoms with Gasteiger partial charge in [0.1, 0.15) is 5.75 Å². The van der Waals surface area contributed by atoms with Gasteiger partial charge in [0.25, 0.3) is 0 Å². The molecule has 4 heteroatoms. The van der Waals surface area contributed by atoms with Crippen molar-refractivity contribution in [1.29, 1.82) is 0 Å². The van der Waals surface area contributed by atoms with Gasteiger partial charge in [0.15, 0.2) is 0 Å². The molecular weight excluding hydrogens is 312 g/mol. The van der Waals surface area contributed by atoms with Crippen LogP contribution < -0.4 is 5.32 Å². The Hall–Kier alpha value is -1.55. The molecule has 3 rings (SSSR count). The topological polar surface area (TPSA) is 52.6 Å². The molecule has 138 valence electrons. The van der Waals surface area contributed by atoms with Gasteiger partial charge < -0.3 is 10.4 Å². The lowest BCUT2D eigenvalue weighted by Gasteiger charge is -2.50. The van der Waals surface area contributed by atoms with Crippen molar-refractivity contribution in [3.63, 3.8) is 0 Å². The predicted molar refractivity (Wildman–Crippen MR) is 100 cm³/mol. The Labute approximate surface area is 151 Å². The second-order valence-corrected chi connectivity index (χ2v) is 8.49. The first-order chi connectivity index (χ1) is 11.9. The molecule has 1 aromatic carbocycles. The molecule has 4 nitrogen and oxygen atoms in total. The number of phenols is 1. The van der Waals surface area contributed by atoms with Gasteiger partial charge in [-0.1, -0.05) is 45.6 Å². The molecule has 1 aromatic rings. The molecule has 0 radical (unpaired) electrons. The molecule has 0 bridgehead atoms. The van der Waals surface area contributed by atoms with Crippen molar-refractivity contribution in [2.75, 3.05) is 0 Å². The molecule has 2 N–H and O–H groups in total. The first kappa shape index (κ1) is 18.2. The van der Waals surface area contributed by atoms with Gasteiger partial charge in [0, 0.05) is 19.0 Å². The molecule has 1 amide bonds. The van der Waals surface area contributed by atoms with Gasteiger partial charge in [-0.25, -0.2) is 0 Å². The van der Waals surface area contributed by atoms with Gasteiger partial charge in [-0.3, -0.25) is 9.69 Å². The zero-order chi connectivity index (χ0) is 18.0. The average molecular weight is 344 g/mol. The van der Waals surface area contributed by atoms with E-state index in [0.29, 0.717) is 17.7 Å². The van der Waals surface area contributed by atoms with E-state index in [2.05, 4.69) is 31.0 Å². The summed E-state index contributed by atoms with van der Waals surface area (Å²) >= 11 is 0. The highest BCUT2D eigenvalue weighted by atomic mass is 16.3. The maximum Gasteiger partial charge on any atom is 0.208 e. The van der Waals surface area contributed by atoms with Crippen molar-refractivity contribution in [2.45, 2.75) is 77.5 Å². The zero-order valence-corrected chi connectivity index (χ0v) is 15.8. The quantitative estimate of drug-likeness (QED) is 0.772. The smallest absolute Gasteiger partial charge is 0.208 e. The molecule has 0 aromatic heterocycles. The highest BCUT2D eigenvalue weighted by molar-refractivity contribution is 5.49. The second-order valence-electron chi connectivity index (χ2n) is 8.49. The van der Waals surface area contributed by atoms with Crippen LogP contribution in [0.5, 0.6) is 5.75 Å². The normalized spacial score (nSPS) is 25.8. The van der Waals surface area contributed by atoms with E-state index in [1.54, 1.807) is 6.07 Å². The summed E-state index contributed by atoms with van der Waals surface area (Å²) < 4.78 is 0. The molecule has 1 aliphatic heterocycles. The summed E-state index contributed by atoms with van der Waals surface area (Å²) in [5, 5.41) is 13.0. The second kappa shape index (κ2) is 7.36. The lowest BCUT2D eigenvalue weighted by molar-refractivity contribution is -0.115. The Morgan fingerprint density at radius 2 is 2.04 bits per heavy atom. The lowest BCUT2D eigenvalue weighted by Crippen LogP contribution is -2.63. The third-order valence-corrected chi connectivity index (χ3v) is 6.29. The van der Waals surface area contributed by atoms with Crippen LogP contribution in [0.15, 0.2) is 18.2 Å². The summed E-state index contributed by atoms with van der Waals surface area (Å²) in [5.74, 6) is 1.65. The van der Waals surface area contributed by atoms with E-state index >= 15 is 0 Å². The fourth-order valence-electron chi connectivity index (χ4n) is 4.85. The molecule has 1 fully saturated rings. The minimum atomic E-state index is -0.376. The first-order valence-electron chi connectivity index (χ1n) is 9.72. The number of carbonyl (C=O) groups excluding carboxylic acids is 1. The van der Waals surface area contributed by atoms with Crippen molar-refractivity contribution in [1.82, 2.24) is 10.2 Å². The highest BCUT2D eigenvalue weighted by Crippen LogP contribution is 2.38. The summed E-state index contributed by atoms with van der Waals surface area (Å²) in [5.41, 5.74) is 2.02. The highest BCUT2D eigenvalue weighted by Gasteiger charge is 2.42. The van der Waals surface area contributed by atoms with E-state index in [1.807, 2.05) is 12.1 Å². The summed E-state index contributed by atoms with van der Waals surface area (Å²) in [4.78, 5) is 13.8. The van der Waals surface area contributed by atoms with Crippen LogP contribution in [0.2, 0.25) is 0 Å². The van der Waals surface area contributed by atoms with Gasteiger partial charge in [-0.15, -0.1) is 0 Å². The summed E-state index contributed by atoms with van der Waals surface area (Å²) in [7, 11) is 0. The van der Waals surface area contributed by atoms with Gasteiger partial charge in [-0.2, -0.15) is 0 Å². The van der Waals surface area contributed by atoms with E-state index in [0.717, 1.165) is 25.3 Å². The van der Waals surface area contributed by atoms with E-state index < -0.39 is 0 Å². The molecule has 1 saturated carbocycles. The fourth-order valence-corrected chi connectivity index (χ4v) is 4.85. The van der Waals surface area contributed by atoms with Gasteiger partial charge in [0.2, 0.25) is 6.41 Å². The summed E-state index contributed by atoms with van der Waals surface area (Å²) in [6, 6.07) is 6.05. The molecule has 0 spiro atoms. The molecule has 2 atom stereocenters. The molecule has 0 unspecified atom stereocenters. The SMILES string of the molecule is CC(C)[C@@H](CC1CCCC1)N1Cc2cc(O)ccc2C[C@]1(C)NC=O. The summed E-state index contributed by atoms with van der Waals surface area (Å²) in [6.45, 7) is 7.50. The minimum absolute atomic E-state index is 0.322. The van der Waals surface area contributed by atoms with Gasteiger partial charge in [-0.05, 0) is 48.4 Å². The number of aromatic hydroxyl groups is 1. The Morgan fingerprint density at radius 1 is 1.32 bits per heavy atom. The number of hydrogen-bond acceptors (Lipinski definition) is 3. The molecule has 0 saturated heterocycles. The molecule has 25 heavy (non-hydrogen) atoms. The number of amides is 1. The van der Waals surface area contributed by atoms with E-state index in [9.17, 15) is 9.90 Å². The molecule has 1 aliphatic carbocycles. The van der Waals surface area contributed by atoms with Crippen molar-refractivity contribution >= 4 is 6.41 Å². The van der Waals surface area contributed by atoms with Crippen molar-refractivity contribution < 1.29 is 9.90 Å². The van der Waals surface area contributed by atoms with Crippen LogP contribution in [0.1, 0.15) is 64.0 Å². The van der Waals surface area contributed by atoms with Crippen molar-refractivity contribution in [3.05, 3.63) is 29.3 Å². The molecule has 1 heterocycles. The minimum Gasteiger partial charge on any atom is -0.508 e. The number of hydrogen-bond donors (Lipinski definition) is 2. The van der Waals surface area contributed by atoms with Crippen LogP contribution in [0.3, 0.4) is 0 Å². The Bertz CT molecular complexity index is 610. The molecular formula is C21H32N2O2. The van der Waals surface area contributed by atoms with Crippen LogP contribution in [0, 0.1) is 11.8 Å². The standard InChI is InChI=1S/C21H32N2O2/c1-15(2)20(10-16-6-4-5-7-16)23-13-18-11-19(25)9-8-17(18)12-21(23,3)22-14-24/h8-9,11,14-16,20,25H,4-7,10,12-13H2,1-3H3,(H,22,24)/t20-,21-/m1/s1. The van der Waals surface area contributed by atoms with Crippen LogP contribution in [-0.4, -0.2) is 28.1 Å². The van der Waals surface area contributed by atoms with Crippen LogP contribution >= 0.6 is 0 Å². The average Bonchev–Trinajstić information content (AvgIpc) is 3.06. The number of carbonyl (C=O) groups is 1. The number of rotatable bonds is 6. The van der Waals surface area contributed by atoms with E-state index in [4.69, 9.17) is 0 Å². The number of nitrogens with one attached hydrogen (secondary N) is 1. The van der Waals surface area contributed by atoms with Gasteiger partial charge in [0.05, 0.1) is 5.66 Å². The monoisotopic (exact) mass is 344 g/mol. The first-order valence-corrected chi connectivity index (χ1v) is 9.72. The Balaban J connectivity index is 1.92. The molecule has 2 aliphatic rings. The maximum atomic E-state index is 11.3. The Kier molecular flexibility index (Phi) is 5.38. The zero-order valence-electron chi connectivity index (χ0n) is 15.8. The van der Waals surface area contributed by atoms with Crippen molar-refractivity contribution in [3.8, 4) is 5.75 Å². The largest absolute Gasteiger partial charge is 0.508 e. The summed E-state index contributed by atoms with van der Waals surface area (Å²) in [6.07, 6.45) is 8.20. The number of phenolic OH excluding ortho intramolecular Hbond substituents is 1. The van der Waals surface area contributed by atoms with Gasteiger partial charge >= 0.3 is 0 Å².